The van der Waals surface area contributed by atoms with Crippen molar-refractivity contribution in [3.8, 4) is 0 Å². The molecule has 1 atom stereocenters. The lowest BCUT2D eigenvalue weighted by Crippen LogP contribution is -2.13. The largest absolute Gasteiger partial charge is 0.479 e. The van der Waals surface area contributed by atoms with E-state index in [1.54, 1.807) is 22.6 Å². The van der Waals surface area contributed by atoms with Crippen LogP contribution in [0.1, 0.15) is 11.8 Å². The number of carbonyl (C=O) groups is 1. The Balaban J connectivity index is 3.08. The lowest BCUT2D eigenvalue weighted by molar-refractivity contribution is -0.147. The second-order valence-electron chi connectivity index (χ2n) is 2.26. The fourth-order valence-electron chi connectivity index (χ4n) is 0.743. The number of hydrogen-bond donors (Lipinski definition) is 2. The number of nitrogens with zero attached hydrogens (tertiary/aromatic N) is 1. The Morgan fingerprint density at radius 3 is 2.77 bits per heavy atom. The molecule has 70 valence electrons. The molecule has 13 heavy (non-hydrogen) atoms. The molecule has 1 rings (SSSR count). The number of aliphatic carboxylic acids is 1. The molecule has 4 nitrogen and oxygen atoms in total. The highest BCUT2D eigenvalue weighted by atomic mass is 127. The van der Waals surface area contributed by atoms with E-state index in [9.17, 15) is 9.18 Å². The van der Waals surface area contributed by atoms with Crippen LogP contribution in [-0.2, 0) is 4.79 Å². The Morgan fingerprint density at radius 2 is 2.31 bits per heavy atom. The summed E-state index contributed by atoms with van der Waals surface area (Å²) in [7, 11) is 0. The minimum Gasteiger partial charge on any atom is -0.479 e. The molecule has 0 fully saturated rings. The molecule has 0 aliphatic rings. The number of carboxylic acids is 1. The molecule has 0 bridgehead atoms. The first-order chi connectivity index (χ1) is 6.02. The molecule has 0 aliphatic heterocycles. The average molecular weight is 297 g/mol. The molecule has 0 amide bonds. The van der Waals surface area contributed by atoms with E-state index in [-0.39, 0.29) is 9.26 Å². The van der Waals surface area contributed by atoms with Gasteiger partial charge in [-0.1, -0.05) is 0 Å². The van der Waals surface area contributed by atoms with E-state index < -0.39 is 17.9 Å². The molecule has 1 heterocycles. The van der Waals surface area contributed by atoms with Crippen molar-refractivity contribution in [3.05, 3.63) is 27.3 Å². The minimum absolute atomic E-state index is 0.0468. The Bertz CT molecular complexity index is 345. The molecule has 6 heteroatoms. The topological polar surface area (TPSA) is 70.4 Å². The van der Waals surface area contributed by atoms with Crippen molar-refractivity contribution in [3.63, 3.8) is 0 Å². The van der Waals surface area contributed by atoms with Crippen LogP contribution in [0.25, 0.3) is 0 Å². The highest BCUT2D eigenvalue weighted by Crippen LogP contribution is 2.18. The molecule has 1 aromatic heterocycles. The molecule has 0 saturated carbocycles. The third-order valence-electron chi connectivity index (χ3n) is 1.33. The fraction of sp³-hybridized carbons (Fsp3) is 0.143. The number of carboxylic acid groups (broad SMARTS) is 1. The van der Waals surface area contributed by atoms with Gasteiger partial charge >= 0.3 is 5.97 Å². The molecular weight excluding hydrogens is 292 g/mol. The van der Waals surface area contributed by atoms with E-state index in [0.29, 0.717) is 0 Å². The van der Waals surface area contributed by atoms with Crippen molar-refractivity contribution < 1.29 is 19.4 Å². The molecule has 0 aromatic carbocycles. The predicted molar refractivity (Wildman–Crippen MR) is 49.5 cm³/mol. The van der Waals surface area contributed by atoms with Crippen LogP contribution in [0, 0.1) is 9.39 Å². The highest BCUT2D eigenvalue weighted by molar-refractivity contribution is 14.1. The third-order valence-corrected chi connectivity index (χ3v) is 2.19. The van der Waals surface area contributed by atoms with Crippen LogP contribution >= 0.6 is 22.6 Å². The molecule has 0 saturated heterocycles. The normalized spacial score (nSPS) is 12.5. The van der Waals surface area contributed by atoms with Crippen molar-refractivity contribution >= 4 is 28.6 Å². The first-order valence-corrected chi connectivity index (χ1v) is 4.32. The van der Waals surface area contributed by atoms with E-state index >= 15 is 0 Å². The van der Waals surface area contributed by atoms with Crippen LogP contribution in [0.5, 0.6) is 0 Å². The summed E-state index contributed by atoms with van der Waals surface area (Å²) in [5, 5.41) is 17.5. The van der Waals surface area contributed by atoms with E-state index in [1.807, 2.05) is 0 Å². The number of aliphatic hydroxyl groups is 1. The van der Waals surface area contributed by atoms with Gasteiger partial charge < -0.3 is 10.2 Å². The molecule has 0 aliphatic carbocycles. The van der Waals surface area contributed by atoms with Crippen LogP contribution in [-0.4, -0.2) is 21.2 Å². The predicted octanol–water partition coefficient (Wildman–Crippen LogP) is 0.943. The summed E-state index contributed by atoms with van der Waals surface area (Å²) < 4.78 is 12.8. The summed E-state index contributed by atoms with van der Waals surface area (Å²) >= 11 is 1.71. The maximum Gasteiger partial charge on any atom is 0.338 e. The molecule has 2 N–H and O–H groups in total. The van der Waals surface area contributed by atoms with E-state index in [1.165, 1.54) is 0 Å². The zero-order valence-electron chi connectivity index (χ0n) is 6.24. The Kier molecular flexibility index (Phi) is 3.15. The maximum atomic E-state index is 12.5. The van der Waals surface area contributed by atoms with Crippen LogP contribution < -0.4 is 0 Å². The van der Waals surface area contributed by atoms with E-state index in [2.05, 4.69) is 4.98 Å². The third kappa shape index (κ3) is 2.34. The number of aliphatic hydroxyl groups excluding tert-OH is 1. The van der Waals surface area contributed by atoms with Crippen LogP contribution in [0.3, 0.4) is 0 Å². The summed E-state index contributed by atoms with van der Waals surface area (Å²) in [6.07, 6.45) is -0.837. The van der Waals surface area contributed by atoms with Gasteiger partial charge in [0.05, 0.1) is 11.9 Å². The second kappa shape index (κ2) is 3.97. The molecule has 0 spiro atoms. The number of rotatable bonds is 2. The Morgan fingerprint density at radius 1 is 1.69 bits per heavy atom. The zero-order chi connectivity index (χ0) is 10.0. The summed E-state index contributed by atoms with van der Waals surface area (Å²) in [4.78, 5) is 13.8. The lowest BCUT2D eigenvalue weighted by Gasteiger charge is -2.06. The molecular formula is C7H5FINO3. The Hall–Kier alpha value is -0.760. The quantitative estimate of drug-likeness (QED) is 0.797. The van der Waals surface area contributed by atoms with Crippen LogP contribution in [0.15, 0.2) is 12.3 Å². The summed E-state index contributed by atoms with van der Waals surface area (Å²) in [6.45, 7) is 0. The number of aromatic nitrogens is 1. The van der Waals surface area contributed by atoms with Gasteiger partial charge in [0, 0.05) is 3.57 Å². The van der Waals surface area contributed by atoms with Gasteiger partial charge in [0.15, 0.2) is 6.10 Å². The van der Waals surface area contributed by atoms with Crippen LogP contribution in [0.2, 0.25) is 0 Å². The zero-order valence-corrected chi connectivity index (χ0v) is 8.40. The van der Waals surface area contributed by atoms with Crippen molar-refractivity contribution in [2.24, 2.45) is 0 Å². The standard InChI is InChI=1S/C7H5FINO3/c8-3-1-4(9)5(10-2-3)6(11)7(12)13/h1-2,6,11H,(H,12,13). The number of pyridine rings is 1. The van der Waals surface area contributed by atoms with Crippen molar-refractivity contribution in [2.45, 2.75) is 6.10 Å². The van der Waals surface area contributed by atoms with Gasteiger partial charge in [-0.3, -0.25) is 4.98 Å². The summed E-state index contributed by atoms with van der Waals surface area (Å²) in [5.41, 5.74) is -0.0468. The van der Waals surface area contributed by atoms with Crippen LogP contribution in [0.4, 0.5) is 4.39 Å². The minimum atomic E-state index is -1.70. The molecule has 1 aromatic rings. The van der Waals surface area contributed by atoms with Crippen molar-refractivity contribution in [1.82, 2.24) is 4.98 Å². The number of hydrogen-bond acceptors (Lipinski definition) is 3. The Labute approximate surface area is 86.6 Å². The van der Waals surface area contributed by atoms with Crippen molar-refractivity contribution in [1.29, 1.82) is 0 Å². The average Bonchev–Trinajstić information content (AvgIpc) is 2.03. The van der Waals surface area contributed by atoms with Gasteiger partial charge in [-0.2, -0.15) is 0 Å². The highest BCUT2D eigenvalue weighted by Gasteiger charge is 2.20. The fourth-order valence-corrected chi connectivity index (χ4v) is 1.48. The van der Waals surface area contributed by atoms with Crippen molar-refractivity contribution in [2.75, 3.05) is 0 Å². The van der Waals surface area contributed by atoms with Gasteiger partial charge in [-0.25, -0.2) is 9.18 Å². The lowest BCUT2D eigenvalue weighted by atomic mass is 10.2. The van der Waals surface area contributed by atoms with Gasteiger partial charge in [0.25, 0.3) is 0 Å². The van der Waals surface area contributed by atoms with E-state index in [0.717, 1.165) is 12.3 Å². The second-order valence-corrected chi connectivity index (χ2v) is 3.42. The maximum absolute atomic E-state index is 12.5. The van der Waals surface area contributed by atoms with Gasteiger partial charge in [-0.15, -0.1) is 0 Å². The molecule has 1 unspecified atom stereocenters. The van der Waals surface area contributed by atoms with Gasteiger partial charge in [0.2, 0.25) is 0 Å². The monoisotopic (exact) mass is 297 g/mol. The summed E-state index contributed by atoms with van der Waals surface area (Å²) in [5.74, 6) is -1.97. The van der Waals surface area contributed by atoms with Gasteiger partial charge in [0.1, 0.15) is 5.82 Å². The first kappa shape index (κ1) is 10.3. The number of halogens is 2. The molecule has 0 radical (unpaired) electrons. The first-order valence-electron chi connectivity index (χ1n) is 3.24. The SMILES string of the molecule is O=C(O)C(O)c1ncc(F)cc1I. The van der Waals surface area contributed by atoms with Gasteiger partial charge in [-0.05, 0) is 28.7 Å². The van der Waals surface area contributed by atoms with E-state index in [4.69, 9.17) is 10.2 Å². The summed E-state index contributed by atoms with van der Waals surface area (Å²) in [6, 6.07) is 1.11. The smallest absolute Gasteiger partial charge is 0.338 e.